The van der Waals surface area contributed by atoms with Crippen molar-refractivity contribution in [3.05, 3.63) is 27.6 Å². The van der Waals surface area contributed by atoms with Crippen molar-refractivity contribution >= 4 is 22.7 Å². The van der Waals surface area contributed by atoms with Gasteiger partial charge in [-0.15, -0.1) is 22.7 Å². The third kappa shape index (κ3) is 2.94. The van der Waals surface area contributed by atoms with Crippen LogP contribution in [-0.2, 0) is 6.42 Å². The number of hydrogen-bond acceptors (Lipinski definition) is 4. The molecule has 0 aromatic carbocycles. The van der Waals surface area contributed by atoms with Gasteiger partial charge >= 0.3 is 0 Å². The van der Waals surface area contributed by atoms with E-state index >= 15 is 0 Å². The molecule has 0 saturated carbocycles. The Morgan fingerprint density at radius 2 is 2.18 bits per heavy atom. The van der Waals surface area contributed by atoms with Crippen LogP contribution in [0.3, 0.4) is 0 Å². The zero-order valence-corrected chi connectivity index (χ0v) is 12.2. The van der Waals surface area contributed by atoms with Gasteiger partial charge in [0.15, 0.2) is 0 Å². The minimum atomic E-state index is 1.07. The lowest BCUT2D eigenvalue weighted by Crippen LogP contribution is -2.08. The van der Waals surface area contributed by atoms with E-state index in [-0.39, 0.29) is 0 Å². The molecule has 92 valence electrons. The summed E-state index contributed by atoms with van der Waals surface area (Å²) < 4.78 is 0. The van der Waals surface area contributed by atoms with Gasteiger partial charge in [0.05, 0.1) is 10.6 Å². The summed E-state index contributed by atoms with van der Waals surface area (Å²) in [5.41, 5.74) is 2.54. The highest BCUT2D eigenvalue weighted by atomic mass is 32.1. The third-order valence-corrected chi connectivity index (χ3v) is 5.17. The van der Waals surface area contributed by atoms with Crippen molar-refractivity contribution in [2.45, 2.75) is 26.7 Å². The second-order valence-electron chi connectivity index (χ2n) is 4.17. The predicted octanol–water partition coefficient (Wildman–Crippen LogP) is 3.64. The largest absolute Gasteiger partial charge is 0.320 e. The molecule has 2 aromatic heterocycles. The molecule has 4 heteroatoms. The normalized spacial score (nSPS) is 11.0. The van der Waals surface area contributed by atoms with Crippen LogP contribution in [0.1, 0.15) is 22.6 Å². The fourth-order valence-electron chi connectivity index (χ4n) is 1.77. The molecule has 0 unspecified atom stereocenters. The lowest BCUT2D eigenvalue weighted by Gasteiger charge is -1.97. The first-order valence-electron chi connectivity index (χ1n) is 5.87. The molecule has 0 amide bonds. The summed E-state index contributed by atoms with van der Waals surface area (Å²) in [6.45, 7) is 5.35. The Kier molecular flexibility index (Phi) is 4.31. The van der Waals surface area contributed by atoms with E-state index in [1.807, 2.05) is 18.4 Å². The SMILES string of the molecule is CNCCCc1sc(-c2sccc2C)nc1C. The number of aryl methyl sites for hydroxylation is 3. The molecule has 0 aliphatic rings. The van der Waals surface area contributed by atoms with E-state index in [1.165, 1.54) is 32.4 Å². The van der Waals surface area contributed by atoms with E-state index < -0.39 is 0 Å². The van der Waals surface area contributed by atoms with Crippen LogP contribution in [0.5, 0.6) is 0 Å². The van der Waals surface area contributed by atoms with Crippen LogP contribution in [0.15, 0.2) is 11.4 Å². The number of aromatic nitrogens is 1. The maximum atomic E-state index is 4.70. The van der Waals surface area contributed by atoms with Gasteiger partial charge in [0.1, 0.15) is 5.01 Å². The highest BCUT2D eigenvalue weighted by molar-refractivity contribution is 7.21. The van der Waals surface area contributed by atoms with Crippen molar-refractivity contribution in [1.29, 1.82) is 0 Å². The molecule has 0 fully saturated rings. The summed E-state index contributed by atoms with van der Waals surface area (Å²) in [6.07, 6.45) is 2.32. The molecule has 2 nitrogen and oxygen atoms in total. The second kappa shape index (κ2) is 5.76. The number of rotatable bonds is 5. The molecule has 2 rings (SSSR count). The summed E-state index contributed by atoms with van der Waals surface area (Å²) in [6, 6.07) is 2.16. The number of nitrogens with zero attached hydrogens (tertiary/aromatic N) is 1. The first-order valence-corrected chi connectivity index (χ1v) is 7.57. The van der Waals surface area contributed by atoms with E-state index in [0.717, 1.165) is 13.0 Å². The van der Waals surface area contributed by atoms with E-state index in [1.54, 1.807) is 11.3 Å². The van der Waals surface area contributed by atoms with Gasteiger partial charge in [0.2, 0.25) is 0 Å². The van der Waals surface area contributed by atoms with Crippen molar-refractivity contribution in [2.75, 3.05) is 13.6 Å². The zero-order chi connectivity index (χ0) is 12.3. The molecule has 0 saturated heterocycles. The molecule has 0 spiro atoms. The summed E-state index contributed by atoms with van der Waals surface area (Å²) in [5, 5.41) is 6.52. The van der Waals surface area contributed by atoms with Gasteiger partial charge in [-0.25, -0.2) is 4.98 Å². The van der Waals surface area contributed by atoms with Gasteiger partial charge in [-0.1, -0.05) is 0 Å². The van der Waals surface area contributed by atoms with Crippen LogP contribution in [-0.4, -0.2) is 18.6 Å². The zero-order valence-electron chi connectivity index (χ0n) is 10.5. The Morgan fingerprint density at radius 3 is 2.82 bits per heavy atom. The topological polar surface area (TPSA) is 24.9 Å². The molecule has 0 aliphatic heterocycles. The first kappa shape index (κ1) is 12.7. The van der Waals surface area contributed by atoms with Crippen LogP contribution < -0.4 is 5.32 Å². The summed E-state index contributed by atoms with van der Waals surface area (Å²) in [4.78, 5) is 7.47. The van der Waals surface area contributed by atoms with Crippen molar-refractivity contribution in [2.24, 2.45) is 0 Å². The molecule has 0 atom stereocenters. The van der Waals surface area contributed by atoms with Crippen LogP contribution in [0.4, 0.5) is 0 Å². The van der Waals surface area contributed by atoms with Crippen LogP contribution in [0, 0.1) is 13.8 Å². The third-order valence-electron chi connectivity index (χ3n) is 2.78. The van der Waals surface area contributed by atoms with Gasteiger partial charge < -0.3 is 5.32 Å². The van der Waals surface area contributed by atoms with Gasteiger partial charge in [0, 0.05) is 4.88 Å². The minimum absolute atomic E-state index is 1.07. The predicted molar refractivity (Wildman–Crippen MR) is 77.1 cm³/mol. The quantitative estimate of drug-likeness (QED) is 0.836. The lowest BCUT2D eigenvalue weighted by molar-refractivity contribution is 0.727. The number of thiophene rings is 1. The smallest absolute Gasteiger partial charge is 0.134 e. The molecule has 2 aromatic rings. The van der Waals surface area contributed by atoms with Crippen molar-refractivity contribution in [3.63, 3.8) is 0 Å². The van der Waals surface area contributed by atoms with E-state index in [4.69, 9.17) is 4.98 Å². The maximum Gasteiger partial charge on any atom is 0.134 e. The van der Waals surface area contributed by atoms with Crippen molar-refractivity contribution < 1.29 is 0 Å². The summed E-state index contributed by atoms with van der Waals surface area (Å²) in [7, 11) is 2.00. The van der Waals surface area contributed by atoms with Crippen LogP contribution >= 0.6 is 22.7 Å². The molecular formula is C13H18N2S2. The monoisotopic (exact) mass is 266 g/mol. The van der Waals surface area contributed by atoms with E-state index in [0.29, 0.717) is 0 Å². The van der Waals surface area contributed by atoms with Crippen LogP contribution in [0.25, 0.3) is 9.88 Å². The Labute approximate surface area is 111 Å². The van der Waals surface area contributed by atoms with Gasteiger partial charge in [-0.05, 0) is 57.3 Å². The Morgan fingerprint density at radius 1 is 1.35 bits per heavy atom. The van der Waals surface area contributed by atoms with Gasteiger partial charge in [0.25, 0.3) is 0 Å². The van der Waals surface area contributed by atoms with Gasteiger partial charge in [-0.2, -0.15) is 0 Å². The Balaban J connectivity index is 2.16. The number of nitrogens with one attached hydrogen (secondary N) is 1. The van der Waals surface area contributed by atoms with Crippen LogP contribution in [0.2, 0.25) is 0 Å². The van der Waals surface area contributed by atoms with Gasteiger partial charge in [-0.3, -0.25) is 0 Å². The minimum Gasteiger partial charge on any atom is -0.320 e. The lowest BCUT2D eigenvalue weighted by atomic mass is 10.2. The first-order chi connectivity index (χ1) is 8.22. The summed E-state index contributed by atoms with van der Waals surface area (Å²) in [5.74, 6) is 0. The Bertz CT molecular complexity index is 485. The highest BCUT2D eigenvalue weighted by Crippen LogP contribution is 2.34. The average molecular weight is 266 g/mol. The fourth-order valence-corrected chi connectivity index (χ4v) is 3.96. The number of thiazole rings is 1. The number of hydrogen-bond donors (Lipinski definition) is 1. The Hall–Kier alpha value is -0.710. The van der Waals surface area contributed by atoms with Crippen molar-refractivity contribution in [3.8, 4) is 9.88 Å². The molecule has 0 radical (unpaired) electrons. The van der Waals surface area contributed by atoms with E-state index in [9.17, 15) is 0 Å². The molecule has 2 heterocycles. The molecular weight excluding hydrogens is 248 g/mol. The molecule has 0 aliphatic carbocycles. The average Bonchev–Trinajstić information content (AvgIpc) is 2.86. The second-order valence-corrected chi connectivity index (χ2v) is 6.17. The van der Waals surface area contributed by atoms with E-state index in [2.05, 4.69) is 30.6 Å². The standard InChI is InChI=1S/C13H18N2S2/c1-9-6-8-16-12(9)13-15-10(2)11(17-13)5-4-7-14-3/h6,8,14H,4-5,7H2,1-3H3. The molecule has 17 heavy (non-hydrogen) atoms. The summed E-state index contributed by atoms with van der Waals surface area (Å²) >= 11 is 3.64. The molecule has 1 N–H and O–H groups in total. The molecule has 0 bridgehead atoms. The van der Waals surface area contributed by atoms with Crippen molar-refractivity contribution in [1.82, 2.24) is 10.3 Å². The maximum absolute atomic E-state index is 4.70. The fraction of sp³-hybridized carbons (Fsp3) is 0.462. The highest BCUT2D eigenvalue weighted by Gasteiger charge is 2.11.